The SMILES string of the molecule is CCN1C[C@@]2(COC)C3[C@@H](OC)[C@H]4[C@@H]1[C@@]3(C1C[C@@]3(O)[C@H](OC(=O)c5ccccc5)C1[C@]4(OC(C)=O)[C@@H](O)[C@@H]3OC)[C@@H](OC)C[C@H]2O. The lowest BCUT2D eigenvalue weighted by molar-refractivity contribution is -0.322. The van der Waals surface area contributed by atoms with Crippen molar-refractivity contribution in [1.82, 2.24) is 4.90 Å². The first-order valence-electron chi connectivity index (χ1n) is 16.3. The van der Waals surface area contributed by atoms with Crippen LogP contribution >= 0.6 is 0 Å². The molecule has 6 fully saturated rings. The second-order valence-electron chi connectivity index (χ2n) is 14.4. The van der Waals surface area contributed by atoms with Crippen LogP contribution in [-0.2, 0) is 33.2 Å². The number of hydrogen-bond acceptors (Lipinski definition) is 12. The first-order chi connectivity index (χ1) is 22.0. The highest BCUT2D eigenvalue weighted by atomic mass is 16.6. The molecule has 1 saturated heterocycles. The summed E-state index contributed by atoms with van der Waals surface area (Å²) in [6.07, 6.45) is -5.49. The van der Waals surface area contributed by atoms with Crippen LogP contribution in [0.2, 0.25) is 0 Å². The van der Waals surface area contributed by atoms with Crippen LogP contribution in [0.1, 0.15) is 37.0 Å². The van der Waals surface area contributed by atoms with Gasteiger partial charge in [-0.2, -0.15) is 0 Å². The molecule has 1 aromatic rings. The number of benzene rings is 1. The lowest BCUT2D eigenvalue weighted by Gasteiger charge is -2.70. The fourth-order valence-corrected chi connectivity index (χ4v) is 12.3. The highest BCUT2D eigenvalue weighted by Crippen LogP contribution is 2.80. The summed E-state index contributed by atoms with van der Waals surface area (Å²) in [7, 11) is 6.27. The first-order valence-corrected chi connectivity index (χ1v) is 16.3. The quantitative estimate of drug-likeness (QED) is 0.323. The van der Waals surface area contributed by atoms with Crippen molar-refractivity contribution in [1.29, 1.82) is 0 Å². The molecule has 5 saturated carbocycles. The number of carbonyl (C=O) groups excluding carboxylic acids is 2. The van der Waals surface area contributed by atoms with Crippen LogP contribution in [-0.4, -0.2) is 134 Å². The lowest BCUT2D eigenvalue weighted by atomic mass is 9.42. The Bertz CT molecular complexity index is 1360. The van der Waals surface area contributed by atoms with Crippen molar-refractivity contribution in [2.45, 2.75) is 80.6 Å². The number of fused-ring (bicyclic) bond motifs is 2. The molecule has 7 bridgehead atoms. The van der Waals surface area contributed by atoms with Crippen molar-refractivity contribution in [3.05, 3.63) is 35.9 Å². The topological polar surface area (TPSA) is 153 Å². The number of likely N-dealkylation sites (tertiary alicyclic amines) is 1. The van der Waals surface area contributed by atoms with E-state index in [0.717, 1.165) is 0 Å². The van der Waals surface area contributed by atoms with Gasteiger partial charge in [0.2, 0.25) is 0 Å². The van der Waals surface area contributed by atoms with Crippen molar-refractivity contribution in [2.24, 2.45) is 34.5 Å². The van der Waals surface area contributed by atoms with E-state index in [4.69, 9.17) is 28.4 Å². The van der Waals surface area contributed by atoms with Crippen molar-refractivity contribution >= 4 is 11.9 Å². The molecule has 3 N–H and O–H groups in total. The Kier molecular flexibility index (Phi) is 7.69. The molecule has 12 heteroatoms. The molecule has 7 rings (SSSR count). The number of rotatable bonds is 9. The Labute approximate surface area is 269 Å². The number of nitrogens with zero attached hydrogens (tertiary/aromatic N) is 1. The van der Waals surface area contributed by atoms with Crippen LogP contribution in [0, 0.1) is 34.5 Å². The van der Waals surface area contributed by atoms with E-state index in [9.17, 15) is 24.9 Å². The number of ether oxygens (including phenoxy) is 6. The maximum Gasteiger partial charge on any atom is 0.338 e. The van der Waals surface area contributed by atoms with Gasteiger partial charge in [-0.05, 0) is 31.0 Å². The van der Waals surface area contributed by atoms with Crippen LogP contribution in [0.15, 0.2) is 30.3 Å². The molecule has 6 aliphatic rings. The third-order valence-corrected chi connectivity index (χ3v) is 13.2. The zero-order chi connectivity index (χ0) is 33.0. The Balaban J connectivity index is 1.53. The van der Waals surface area contributed by atoms with Crippen molar-refractivity contribution in [2.75, 3.05) is 48.1 Å². The van der Waals surface area contributed by atoms with Crippen molar-refractivity contribution < 1.29 is 53.3 Å². The van der Waals surface area contributed by atoms with E-state index < -0.39 is 88.3 Å². The van der Waals surface area contributed by atoms with Gasteiger partial charge < -0.3 is 43.7 Å². The van der Waals surface area contributed by atoms with Gasteiger partial charge in [0.1, 0.15) is 23.9 Å². The summed E-state index contributed by atoms with van der Waals surface area (Å²) in [6, 6.07) is 8.18. The zero-order valence-electron chi connectivity index (χ0n) is 27.3. The van der Waals surface area contributed by atoms with Gasteiger partial charge in [-0.25, -0.2) is 4.79 Å². The molecule has 1 aliphatic heterocycles. The monoisotopic (exact) mass is 645 g/mol. The highest BCUT2D eigenvalue weighted by molar-refractivity contribution is 5.89. The molecular formula is C34H47NO11. The van der Waals surface area contributed by atoms with Gasteiger partial charge in [-0.3, -0.25) is 9.69 Å². The average molecular weight is 646 g/mol. The first kappa shape index (κ1) is 32.4. The number of esters is 2. The predicted molar refractivity (Wildman–Crippen MR) is 160 cm³/mol. The Hall–Kier alpha value is -2.16. The molecule has 46 heavy (non-hydrogen) atoms. The molecule has 3 unspecified atom stereocenters. The second-order valence-corrected chi connectivity index (χ2v) is 14.4. The molecule has 5 aliphatic carbocycles. The van der Waals surface area contributed by atoms with Crippen LogP contribution in [0.25, 0.3) is 0 Å². The minimum absolute atomic E-state index is 0.0791. The molecule has 0 aromatic heterocycles. The summed E-state index contributed by atoms with van der Waals surface area (Å²) >= 11 is 0. The Morgan fingerprint density at radius 1 is 1.00 bits per heavy atom. The third kappa shape index (κ3) is 3.62. The summed E-state index contributed by atoms with van der Waals surface area (Å²) in [5.41, 5.74) is -4.79. The minimum Gasteiger partial charge on any atom is -0.455 e. The van der Waals surface area contributed by atoms with E-state index in [-0.39, 0.29) is 25.0 Å². The maximum absolute atomic E-state index is 13.8. The predicted octanol–water partition coefficient (Wildman–Crippen LogP) is 0.648. The minimum atomic E-state index is -1.83. The molecule has 1 aromatic carbocycles. The van der Waals surface area contributed by atoms with E-state index in [1.165, 1.54) is 14.0 Å². The largest absolute Gasteiger partial charge is 0.455 e. The van der Waals surface area contributed by atoms with Gasteiger partial charge in [-0.1, -0.05) is 25.1 Å². The number of aliphatic hydroxyl groups excluding tert-OH is 2. The summed E-state index contributed by atoms with van der Waals surface area (Å²) in [5.74, 6) is -3.65. The van der Waals surface area contributed by atoms with E-state index >= 15 is 0 Å². The van der Waals surface area contributed by atoms with Crippen LogP contribution < -0.4 is 0 Å². The number of methoxy groups -OCH3 is 4. The summed E-state index contributed by atoms with van der Waals surface area (Å²) in [4.78, 5) is 29.3. The number of piperidine rings is 1. The normalized spacial score (nSPS) is 49.9. The van der Waals surface area contributed by atoms with Crippen molar-refractivity contribution in [3.8, 4) is 0 Å². The molecule has 1 heterocycles. The third-order valence-electron chi connectivity index (χ3n) is 13.2. The maximum atomic E-state index is 13.8. The van der Waals surface area contributed by atoms with Gasteiger partial charge in [0.25, 0.3) is 0 Å². The fraction of sp³-hybridized carbons (Fsp3) is 0.765. The fourth-order valence-electron chi connectivity index (χ4n) is 12.3. The van der Waals surface area contributed by atoms with E-state index in [0.29, 0.717) is 25.1 Å². The molecule has 254 valence electrons. The second kappa shape index (κ2) is 10.9. The molecule has 12 nitrogen and oxygen atoms in total. The molecule has 0 radical (unpaired) electrons. The van der Waals surface area contributed by atoms with Crippen LogP contribution in [0.4, 0.5) is 0 Å². The van der Waals surface area contributed by atoms with Gasteiger partial charge >= 0.3 is 11.9 Å². The number of carbonyl (C=O) groups is 2. The Morgan fingerprint density at radius 2 is 1.72 bits per heavy atom. The summed E-state index contributed by atoms with van der Waals surface area (Å²) in [6.45, 7) is 4.68. The number of aliphatic hydroxyl groups is 3. The average Bonchev–Trinajstić information content (AvgIpc) is 3.41. The highest BCUT2D eigenvalue weighted by Gasteiger charge is 2.92. The zero-order valence-corrected chi connectivity index (χ0v) is 27.3. The smallest absolute Gasteiger partial charge is 0.338 e. The van der Waals surface area contributed by atoms with Crippen LogP contribution in [0.5, 0.6) is 0 Å². The molecule has 1 spiro atoms. The van der Waals surface area contributed by atoms with E-state index in [2.05, 4.69) is 4.90 Å². The summed E-state index contributed by atoms with van der Waals surface area (Å²) < 4.78 is 37.4. The lowest BCUT2D eigenvalue weighted by Crippen LogP contribution is -2.81. The standard InChI is InChI=1S/C34H47NO11/c1-7-35-15-31(16-41-3)20(37)13-21(42-4)33-19-14-32(40)28(45-30(39)18-11-9-8-10-12-18)22(19)34(46-17(2)36,27(38)29(32)44-6)23(26(33)35)24(43-5)25(31)33/h8-12,19-29,37-38,40H,7,13-16H2,1-6H3/t19?,20-,21+,22?,23+,24+,25?,26-,27+,28-,29+,31+,32-,33+,34-/m1/s1. The molecule has 0 amide bonds. The van der Waals surface area contributed by atoms with Gasteiger partial charge in [0.15, 0.2) is 5.60 Å². The number of hydrogen-bond donors (Lipinski definition) is 3. The summed E-state index contributed by atoms with van der Waals surface area (Å²) in [5, 5.41) is 37.3. The van der Waals surface area contributed by atoms with E-state index in [1.54, 1.807) is 51.7 Å². The van der Waals surface area contributed by atoms with E-state index in [1.807, 2.05) is 6.92 Å². The molecular weight excluding hydrogens is 598 g/mol. The van der Waals surface area contributed by atoms with Crippen molar-refractivity contribution in [3.63, 3.8) is 0 Å². The Morgan fingerprint density at radius 3 is 2.30 bits per heavy atom. The van der Waals surface area contributed by atoms with Gasteiger partial charge in [-0.15, -0.1) is 0 Å². The van der Waals surface area contributed by atoms with Crippen LogP contribution in [0.3, 0.4) is 0 Å². The van der Waals surface area contributed by atoms with Gasteiger partial charge in [0.05, 0.1) is 30.5 Å². The van der Waals surface area contributed by atoms with Gasteiger partial charge in [0, 0.05) is 83.0 Å². The molecule has 15 atom stereocenters.